The number of pyridine rings is 1. The number of rotatable bonds is 8. The van der Waals surface area contributed by atoms with Crippen molar-refractivity contribution in [2.24, 2.45) is 0 Å². The molecule has 2 heterocycles. The molecule has 4 heteroatoms. The van der Waals surface area contributed by atoms with E-state index < -0.39 is 5.97 Å². The van der Waals surface area contributed by atoms with E-state index in [1.165, 1.54) is 5.69 Å². The van der Waals surface area contributed by atoms with Gasteiger partial charge in [-0.05, 0) is 37.8 Å². The van der Waals surface area contributed by atoms with Crippen LogP contribution in [-0.2, 0) is 11.2 Å². The lowest BCUT2D eigenvalue weighted by Crippen LogP contribution is -1.95. The van der Waals surface area contributed by atoms with E-state index in [9.17, 15) is 4.79 Å². The summed E-state index contributed by atoms with van der Waals surface area (Å²) < 4.78 is 2.14. The van der Waals surface area contributed by atoms with Crippen LogP contribution in [0.15, 0.2) is 55.0 Å². The van der Waals surface area contributed by atoms with Crippen LogP contribution in [0.3, 0.4) is 0 Å². The summed E-state index contributed by atoms with van der Waals surface area (Å²) in [5, 5.41) is 8.43. The SMILES string of the molecule is O=C(O)C=CC=CCCCCCc1cccc2cncn12. The Morgan fingerprint density at radius 2 is 2.14 bits per heavy atom. The third-order valence-electron chi connectivity index (χ3n) is 3.32. The predicted octanol–water partition coefficient (Wildman–Crippen LogP) is 3.63. The molecule has 0 fully saturated rings. The van der Waals surface area contributed by atoms with Gasteiger partial charge in [-0.3, -0.25) is 0 Å². The molecule has 0 aliphatic carbocycles. The van der Waals surface area contributed by atoms with Crippen LogP contribution in [0.4, 0.5) is 0 Å². The average Bonchev–Trinajstić information content (AvgIpc) is 2.94. The quantitative estimate of drug-likeness (QED) is 0.457. The largest absolute Gasteiger partial charge is 0.478 e. The van der Waals surface area contributed by atoms with E-state index >= 15 is 0 Å². The van der Waals surface area contributed by atoms with Gasteiger partial charge >= 0.3 is 5.97 Å². The number of aryl methyl sites for hydroxylation is 1. The third kappa shape index (κ3) is 4.91. The summed E-state index contributed by atoms with van der Waals surface area (Å²) in [5.41, 5.74) is 2.44. The van der Waals surface area contributed by atoms with Crippen molar-refractivity contribution in [1.29, 1.82) is 0 Å². The van der Waals surface area contributed by atoms with Crippen molar-refractivity contribution in [1.82, 2.24) is 9.38 Å². The summed E-state index contributed by atoms with van der Waals surface area (Å²) >= 11 is 0. The molecule has 0 amide bonds. The normalized spacial score (nSPS) is 11.8. The topological polar surface area (TPSA) is 54.6 Å². The van der Waals surface area contributed by atoms with Crippen LogP contribution < -0.4 is 0 Å². The highest BCUT2D eigenvalue weighted by Gasteiger charge is 1.99. The first-order valence-corrected chi connectivity index (χ1v) is 7.23. The number of carbonyl (C=O) groups is 1. The van der Waals surface area contributed by atoms with Gasteiger partial charge in [-0.2, -0.15) is 0 Å². The number of hydrogen-bond acceptors (Lipinski definition) is 2. The van der Waals surface area contributed by atoms with Crippen molar-refractivity contribution in [3.8, 4) is 0 Å². The standard InChI is InChI=1S/C17H20N2O2/c20-17(21)12-7-5-3-1-2-4-6-9-15-10-8-11-16-13-18-14-19(15)16/h3,5,7-8,10-14H,1-2,4,6,9H2,(H,20,21). The average molecular weight is 284 g/mol. The summed E-state index contributed by atoms with van der Waals surface area (Å²) in [7, 11) is 0. The molecule has 0 unspecified atom stereocenters. The second kappa shape index (κ2) is 8.04. The molecule has 0 atom stereocenters. The molecule has 0 aromatic carbocycles. The number of aromatic nitrogens is 2. The van der Waals surface area contributed by atoms with Crippen LogP contribution in [0.2, 0.25) is 0 Å². The molecule has 110 valence electrons. The Hall–Kier alpha value is -2.36. The molecule has 1 N–H and O–H groups in total. The number of fused-ring (bicyclic) bond motifs is 1. The number of allylic oxidation sites excluding steroid dienone is 3. The van der Waals surface area contributed by atoms with E-state index in [0.717, 1.165) is 43.7 Å². The fourth-order valence-corrected chi connectivity index (χ4v) is 2.27. The summed E-state index contributed by atoms with van der Waals surface area (Å²) in [5.74, 6) is -0.909. The van der Waals surface area contributed by atoms with Crippen molar-refractivity contribution in [3.05, 3.63) is 60.7 Å². The summed E-state index contributed by atoms with van der Waals surface area (Å²) in [6.07, 6.45) is 15.7. The maximum absolute atomic E-state index is 10.3. The van der Waals surface area contributed by atoms with Gasteiger partial charge < -0.3 is 9.51 Å². The summed E-state index contributed by atoms with van der Waals surface area (Å²) in [6.45, 7) is 0. The van der Waals surface area contributed by atoms with Gasteiger partial charge in [0, 0.05) is 11.8 Å². The van der Waals surface area contributed by atoms with Gasteiger partial charge in [0.05, 0.1) is 18.0 Å². The predicted molar refractivity (Wildman–Crippen MR) is 83.3 cm³/mol. The monoisotopic (exact) mass is 284 g/mol. The Labute approximate surface area is 124 Å². The van der Waals surface area contributed by atoms with E-state index in [-0.39, 0.29) is 0 Å². The van der Waals surface area contributed by atoms with Gasteiger partial charge in [-0.15, -0.1) is 0 Å². The van der Waals surface area contributed by atoms with Crippen molar-refractivity contribution < 1.29 is 9.90 Å². The molecule has 0 aliphatic rings. The maximum Gasteiger partial charge on any atom is 0.328 e. The zero-order valence-corrected chi connectivity index (χ0v) is 12.0. The third-order valence-corrected chi connectivity index (χ3v) is 3.32. The molecule has 2 rings (SSSR count). The molecule has 21 heavy (non-hydrogen) atoms. The van der Waals surface area contributed by atoms with Crippen LogP contribution in [0, 0.1) is 0 Å². The van der Waals surface area contributed by atoms with E-state index in [0.29, 0.717) is 0 Å². The molecule has 4 nitrogen and oxygen atoms in total. The summed E-state index contributed by atoms with van der Waals surface area (Å²) in [4.78, 5) is 14.4. The zero-order chi connectivity index (χ0) is 14.9. The van der Waals surface area contributed by atoms with Gasteiger partial charge in [-0.1, -0.05) is 30.7 Å². The van der Waals surface area contributed by atoms with Crippen LogP contribution in [-0.4, -0.2) is 20.5 Å². The molecule has 0 bridgehead atoms. The Bertz CT molecular complexity index is 641. The lowest BCUT2D eigenvalue weighted by Gasteiger charge is -2.04. The Balaban J connectivity index is 1.66. The first-order chi connectivity index (χ1) is 10.3. The van der Waals surface area contributed by atoms with E-state index in [4.69, 9.17) is 5.11 Å². The fourth-order valence-electron chi connectivity index (χ4n) is 2.27. The highest BCUT2D eigenvalue weighted by Crippen LogP contribution is 2.11. The minimum absolute atomic E-state index is 0.909. The number of hydrogen-bond donors (Lipinski definition) is 1. The Kier molecular flexibility index (Phi) is 5.76. The van der Waals surface area contributed by atoms with Crippen molar-refractivity contribution in [3.63, 3.8) is 0 Å². The van der Waals surface area contributed by atoms with E-state index in [1.807, 2.05) is 18.6 Å². The number of carboxylic acid groups (broad SMARTS) is 1. The zero-order valence-electron chi connectivity index (χ0n) is 12.0. The Morgan fingerprint density at radius 3 is 3.00 bits per heavy atom. The molecule has 2 aromatic heterocycles. The van der Waals surface area contributed by atoms with Gasteiger partial charge in [-0.25, -0.2) is 9.78 Å². The second-order valence-corrected chi connectivity index (χ2v) is 4.93. The minimum atomic E-state index is -0.909. The molecule has 0 spiro atoms. The van der Waals surface area contributed by atoms with Crippen LogP contribution in [0.1, 0.15) is 31.4 Å². The van der Waals surface area contributed by atoms with Gasteiger partial charge in [0.2, 0.25) is 0 Å². The number of unbranched alkanes of at least 4 members (excludes halogenated alkanes) is 3. The number of imidazole rings is 1. The molecule has 0 aliphatic heterocycles. The summed E-state index contributed by atoms with van der Waals surface area (Å²) in [6, 6.07) is 6.28. The van der Waals surface area contributed by atoms with E-state index in [2.05, 4.69) is 27.6 Å². The Morgan fingerprint density at radius 1 is 1.24 bits per heavy atom. The lowest BCUT2D eigenvalue weighted by molar-refractivity contribution is -0.131. The van der Waals surface area contributed by atoms with Crippen molar-refractivity contribution in [2.45, 2.75) is 32.1 Å². The van der Waals surface area contributed by atoms with Crippen LogP contribution in [0.25, 0.3) is 5.52 Å². The second-order valence-electron chi connectivity index (χ2n) is 4.93. The smallest absolute Gasteiger partial charge is 0.328 e. The van der Waals surface area contributed by atoms with E-state index in [1.54, 1.807) is 12.2 Å². The molecule has 0 saturated carbocycles. The van der Waals surface area contributed by atoms with Gasteiger partial charge in [0.15, 0.2) is 0 Å². The van der Waals surface area contributed by atoms with Crippen molar-refractivity contribution in [2.75, 3.05) is 0 Å². The molecular formula is C17H20N2O2. The number of aliphatic carboxylic acids is 1. The first kappa shape index (κ1) is 15.0. The van der Waals surface area contributed by atoms with Gasteiger partial charge in [0.1, 0.15) is 0 Å². The highest BCUT2D eigenvalue weighted by molar-refractivity contribution is 5.80. The van der Waals surface area contributed by atoms with Crippen molar-refractivity contribution >= 4 is 11.5 Å². The lowest BCUT2D eigenvalue weighted by atomic mass is 10.1. The first-order valence-electron chi connectivity index (χ1n) is 7.23. The molecule has 0 radical (unpaired) electrons. The van der Waals surface area contributed by atoms with Crippen LogP contribution in [0.5, 0.6) is 0 Å². The van der Waals surface area contributed by atoms with Crippen LogP contribution >= 0.6 is 0 Å². The molecule has 0 saturated heterocycles. The number of nitrogens with zero attached hydrogens (tertiary/aromatic N) is 2. The molecular weight excluding hydrogens is 264 g/mol. The maximum atomic E-state index is 10.3. The van der Waals surface area contributed by atoms with Gasteiger partial charge in [0.25, 0.3) is 0 Å². The fraction of sp³-hybridized carbons (Fsp3) is 0.294. The highest BCUT2D eigenvalue weighted by atomic mass is 16.4. The molecule has 2 aromatic rings. The minimum Gasteiger partial charge on any atom is -0.478 e. The number of carboxylic acids is 1.